The van der Waals surface area contributed by atoms with E-state index in [0.29, 0.717) is 49.4 Å². The van der Waals surface area contributed by atoms with Crippen LogP contribution in [0.4, 0.5) is 24.9 Å². The first-order chi connectivity index (χ1) is 23.9. The summed E-state index contributed by atoms with van der Waals surface area (Å²) in [7, 11) is 0. The van der Waals surface area contributed by atoms with Crippen molar-refractivity contribution < 1.29 is 27.8 Å². The highest BCUT2D eigenvalue weighted by molar-refractivity contribution is 5.84. The van der Waals surface area contributed by atoms with E-state index in [2.05, 4.69) is 25.4 Å². The predicted octanol–water partition coefficient (Wildman–Crippen LogP) is 6.26. The van der Waals surface area contributed by atoms with Crippen LogP contribution >= 0.6 is 0 Å². The summed E-state index contributed by atoms with van der Waals surface area (Å²) in [6.45, 7) is 4.85. The van der Waals surface area contributed by atoms with Crippen LogP contribution in [-0.4, -0.2) is 67.2 Å². The molecular weight excluding hydrogens is 649 g/mol. The molecule has 2 aliphatic rings. The number of nitrogen functional groups attached to an aromatic ring is 1. The number of carbonyl (C=O) groups is 1. The van der Waals surface area contributed by atoms with Gasteiger partial charge in [-0.2, -0.15) is 28.2 Å². The van der Waals surface area contributed by atoms with E-state index in [1.54, 1.807) is 37.5 Å². The first-order valence-electron chi connectivity index (χ1n) is 16.6. The fourth-order valence-electron chi connectivity index (χ4n) is 7.50. The van der Waals surface area contributed by atoms with Crippen LogP contribution < -0.4 is 20.7 Å². The molecule has 2 aliphatic heterocycles. The molecule has 0 aliphatic carbocycles. The van der Waals surface area contributed by atoms with Gasteiger partial charge in [0, 0.05) is 48.5 Å². The van der Waals surface area contributed by atoms with Gasteiger partial charge in [-0.1, -0.05) is 31.2 Å². The van der Waals surface area contributed by atoms with Crippen molar-refractivity contribution in [3.63, 3.8) is 0 Å². The molecule has 7 rings (SSSR count). The number of aromatic nitrogens is 5. The third-order valence-corrected chi connectivity index (χ3v) is 10.0. The quantitative estimate of drug-likeness (QED) is 0.171. The zero-order chi connectivity index (χ0) is 35.2. The third-order valence-electron chi connectivity index (χ3n) is 10.0. The number of nitrogens with two attached hydrogens (primary N) is 1. The Morgan fingerprint density at radius 2 is 1.86 bits per heavy atom. The van der Waals surface area contributed by atoms with E-state index in [0.717, 1.165) is 22.9 Å². The minimum atomic E-state index is -4.84. The van der Waals surface area contributed by atoms with E-state index in [1.807, 2.05) is 42.2 Å². The lowest BCUT2D eigenvalue weighted by Gasteiger charge is -2.43. The molecule has 0 bridgehead atoms. The van der Waals surface area contributed by atoms with Gasteiger partial charge in [0.1, 0.15) is 11.9 Å². The van der Waals surface area contributed by atoms with Crippen LogP contribution in [-0.2, 0) is 4.79 Å². The molecule has 2 aromatic carbocycles. The van der Waals surface area contributed by atoms with Gasteiger partial charge in [-0.15, -0.1) is 0 Å². The molecule has 0 saturated carbocycles. The number of aryl methyl sites for hydroxylation is 1. The number of hydrogen-bond acceptors (Lipinski definition) is 9. The number of rotatable bonds is 8. The van der Waals surface area contributed by atoms with Crippen LogP contribution in [0.2, 0.25) is 0 Å². The van der Waals surface area contributed by atoms with Crippen molar-refractivity contribution in [2.75, 3.05) is 23.7 Å². The SMILES string of the molecule is CCC1NC(C(=O)O)CC12CCN(c1cc(O[C@H](c3ccc(-c4ccc5ncccc5c4)cc3-n3ccc(C)n3)C(F)(F)F)nc(N)n1)CC2. The number of aliphatic carboxylic acids is 1. The van der Waals surface area contributed by atoms with Crippen molar-refractivity contribution in [2.45, 2.75) is 63.9 Å². The van der Waals surface area contributed by atoms with Crippen LogP contribution in [0.25, 0.3) is 27.7 Å². The Bertz CT molecular complexity index is 2040. The van der Waals surface area contributed by atoms with Gasteiger partial charge in [-0.05, 0) is 79.5 Å². The maximum Gasteiger partial charge on any atom is 0.429 e. The van der Waals surface area contributed by atoms with E-state index in [1.165, 1.54) is 16.8 Å². The van der Waals surface area contributed by atoms with Gasteiger partial charge in [0.15, 0.2) is 0 Å². The topological polar surface area (TPSA) is 144 Å². The summed E-state index contributed by atoms with van der Waals surface area (Å²) in [6, 6.07) is 16.7. The van der Waals surface area contributed by atoms with Crippen molar-refractivity contribution in [1.29, 1.82) is 0 Å². The van der Waals surface area contributed by atoms with Crippen molar-refractivity contribution in [1.82, 2.24) is 30.0 Å². The van der Waals surface area contributed by atoms with Gasteiger partial charge in [-0.3, -0.25) is 9.78 Å². The number of hydrogen-bond donors (Lipinski definition) is 3. The first-order valence-corrected chi connectivity index (χ1v) is 16.6. The Hall–Kier alpha value is -5.24. The van der Waals surface area contributed by atoms with E-state index in [9.17, 15) is 23.1 Å². The molecule has 11 nitrogen and oxygen atoms in total. The molecule has 2 unspecified atom stereocenters. The normalized spacial score (nSPS) is 19.6. The molecule has 0 radical (unpaired) electrons. The molecule has 260 valence electrons. The summed E-state index contributed by atoms with van der Waals surface area (Å²) < 4.78 is 52.1. The average Bonchev–Trinajstić information content (AvgIpc) is 3.69. The smallest absolute Gasteiger partial charge is 0.429 e. The molecule has 1 spiro atoms. The summed E-state index contributed by atoms with van der Waals surface area (Å²) in [5.74, 6) is -1.05. The third kappa shape index (κ3) is 6.42. The number of carboxylic acid groups (broad SMARTS) is 1. The van der Waals surface area contributed by atoms with Crippen LogP contribution in [0.5, 0.6) is 5.88 Å². The molecule has 50 heavy (non-hydrogen) atoms. The number of nitrogens with one attached hydrogen (secondary N) is 1. The van der Waals surface area contributed by atoms with Crippen LogP contribution in [0.3, 0.4) is 0 Å². The van der Waals surface area contributed by atoms with Crippen LogP contribution in [0.1, 0.15) is 50.0 Å². The maximum absolute atomic E-state index is 15.0. The highest BCUT2D eigenvalue weighted by atomic mass is 19.4. The van der Waals surface area contributed by atoms with Gasteiger partial charge in [0.05, 0.1) is 16.9 Å². The van der Waals surface area contributed by atoms with Gasteiger partial charge >= 0.3 is 12.1 Å². The summed E-state index contributed by atoms with van der Waals surface area (Å²) in [5.41, 5.74) is 8.84. The number of carboxylic acids is 1. The number of ether oxygens (including phenoxy) is 1. The number of piperidine rings is 1. The fourth-order valence-corrected chi connectivity index (χ4v) is 7.50. The molecule has 3 atom stereocenters. The molecule has 2 fully saturated rings. The van der Waals surface area contributed by atoms with E-state index in [-0.39, 0.29) is 34.5 Å². The van der Waals surface area contributed by atoms with E-state index in [4.69, 9.17) is 10.5 Å². The molecular formula is C36H37F3N8O3. The number of fused-ring (bicyclic) bond motifs is 1. The molecule has 0 amide bonds. The number of pyridine rings is 1. The standard InChI is InChI=1S/C36H37F3N8O3/c1-3-29-35(20-27(42-29)33(48)49)11-15-46(16-12-35)30-19-31(44-34(40)43-30)50-32(36(37,38)39)25-8-6-23(18-28(25)47-14-10-21(2)45-47)22-7-9-26-24(17-22)5-4-13-41-26/h4-10,13-14,17-19,27,29,32,42H,3,11-12,15-16,20H2,1-2H3,(H,48,49)(H2,40,43,44)/t27?,29?,32-/m1/s1. The van der Waals surface area contributed by atoms with Gasteiger partial charge in [-0.25, -0.2) is 4.68 Å². The Morgan fingerprint density at radius 3 is 2.56 bits per heavy atom. The first kappa shape index (κ1) is 33.3. The van der Waals surface area contributed by atoms with Gasteiger partial charge in [0.2, 0.25) is 17.9 Å². The fraction of sp³-hybridized carbons (Fsp3) is 0.361. The lowest BCUT2D eigenvalue weighted by molar-refractivity contribution is -0.198. The molecule has 14 heteroatoms. The van der Waals surface area contributed by atoms with Crippen molar-refractivity contribution >= 4 is 28.6 Å². The summed E-state index contributed by atoms with van der Waals surface area (Å²) in [6.07, 6.45) is -1.22. The molecule has 2 saturated heterocycles. The lowest BCUT2D eigenvalue weighted by Crippen LogP contribution is -2.46. The highest BCUT2D eigenvalue weighted by Gasteiger charge is 2.50. The number of nitrogens with zero attached hydrogens (tertiary/aromatic N) is 6. The van der Waals surface area contributed by atoms with E-state index >= 15 is 0 Å². The summed E-state index contributed by atoms with van der Waals surface area (Å²) in [5, 5.41) is 18.2. The second kappa shape index (κ2) is 12.9. The number of halogens is 3. The van der Waals surface area contributed by atoms with Crippen molar-refractivity contribution in [3.05, 3.63) is 84.3 Å². The Morgan fingerprint density at radius 1 is 1.10 bits per heavy atom. The Balaban J connectivity index is 1.20. The van der Waals surface area contributed by atoms with E-state index < -0.39 is 24.3 Å². The predicted molar refractivity (Wildman–Crippen MR) is 182 cm³/mol. The van der Waals surface area contributed by atoms with Crippen LogP contribution in [0, 0.1) is 12.3 Å². The average molecular weight is 687 g/mol. The molecule has 5 heterocycles. The highest BCUT2D eigenvalue weighted by Crippen LogP contribution is 2.46. The van der Waals surface area contributed by atoms with Crippen molar-refractivity contribution in [3.8, 4) is 22.7 Å². The lowest BCUT2D eigenvalue weighted by atomic mass is 9.71. The molecule has 4 N–H and O–H groups in total. The number of anilines is 2. The minimum Gasteiger partial charge on any atom is -0.480 e. The second-order valence-corrected chi connectivity index (χ2v) is 13.1. The van der Waals surface area contributed by atoms with Gasteiger partial charge < -0.3 is 25.8 Å². The molecule has 3 aromatic heterocycles. The van der Waals surface area contributed by atoms with Crippen molar-refractivity contribution in [2.24, 2.45) is 5.41 Å². The number of alkyl halides is 3. The zero-order valence-corrected chi connectivity index (χ0v) is 27.6. The summed E-state index contributed by atoms with van der Waals surface area (Å²) in [4.78, 5) is 26.4. The minimum absolute atomic E-state index is 0.0602. The second-order valence-electron chi connectivity index (χ2n) is 13.1. The zero-order valence-electron chi connectivity index (χ0n) is 27.6. The maximum atomic E-state index is 15.0. The summed E-state index contributed by atoms with van der Waals surface area (Å²) >= 11 is 0. The molecule has 5 aromatic rings. The largest absolute Gasteiger partial charge is 0.480 e. The monoisotopic (exact) mass is 686 g/mol. The Kier molecular flexibility index (Phi) is 8.58. The Labute approximate surface area is 286 Å². The number of benzene rings is 2. The van der Waals surface area contributed by atoms with Crippen LogP contribution in [0.15, 0.2) is 73.1 Å². The van der Waals surface area contributed by atoms with Gasteiger partial charge in [0.25, 0.3) is 0 Å².